The maximum atomic E-state index is 10.5. The van der Waals surface area contributed by atoms with Crippen molar-refractivity contribution in [3.05, 3.63) is 6.92 Å². The predicted octanol–water partition coefficient (Wildman–Crippen LogP) is 1.35. The lowest BCUT2D eigenvalue weighted by Crippen LogP contribution is -2.24. The average molecular weight is 144 g/mol. The molecule has 59 valence electrons. The van der Waals surface area contributed by atoms with Crippen LogP contribution in [-0.2, 0) is 4.74 Å². The van der Waals surface area contributed by atoms with Crippen LogP contribution in [0.5, 0.6) is 0 Å². The van der Waals surface area contributed by atoms with Gasteiger partial charge < -0.3 is 10.1 Å². The number of nitrogens with one attached hydrogen (secondary N) is 1. The molecule has 1 amide bonds. The zero-order valence-corrected chi connectivity index (χ0v) is 6.52. The summed E-state index contributed by atoms with van der Waals surface area (Å²) in [5, 5.41) is 2.37. The zero-order valence-electron chi connectivity index (χ0n) is 6.52. The fourth-order valence-electron chi connectivity index (χ4n) is 0.588. The minimum absolute atomic E-state index is 0.0301. The average Bonchev–Trinajstić information content (AvgIpc) is 1.88. The van der Waals surface area contributed by atoms with E-state index in [4.69, 9.17) is 4.74 Å². The van der Waals surface area contributed by atoms with Crippen molar-refractivity contribution < 1.29 is 9.53 Å². The Morgan fingerprint density at radius 2 is 2.40 bits per heavy atom. The van der Waals surface area contributed by atoms with Gasteiger partial charge in [-0.2, -0.15) is 0 Å². The molecule has 0 aliphatic rings. The van der Waals surface area contributed by atoms with Gasteiger partial charge >= 0.3 is 6.09 Å². The number of carbonyl (C=O) groups is 1. The highest BCUT2D eigenvalue weighted by atomic mass is 16.6. The number of hydrogen-bond donors (Lipinski definition) is 1. The lowest BCUT2D eigenvalue weighted by Gasteiger charge is -2.10. The van der Waals surface area contributed by atoms with E-state index in [1.807, 2.05) is 6.92 Å². The summed E-state index contributed by atoms with van der Waals surface area (Å²) in [5.41, 5.74) is 0. The number of amides is 1. The van der Waals surface area contributed by atoms with E-state index in [0.29, 0.717) is 0 Å². The predicted molar refractivity (Wildman–Crippen MR) is 39.6 cm³/mol. The van der Waals surface area contributed by atoms with Gasteiger partial charge in [0.05, 0.1) is 0 Å². The van der Waals surface area contributed by atoms with Gasteiger partial charge in [-0.1, -0.05) is 6.92 Å². The Kier molecular flexibility index (Phi) is 4.72. The van der Waals surface area contributed by atoms with Crippen molar-refractivity contribution in [2.45, 2.75) is 25.9 Å². The third-order valence-corrected chi connectivity index (χ3v) is 1.12. The van der Waals surface area contributed by atoms with E-state index in [1.54, 1.807) is 7.05 Å². The quantitative estimate of drug-likeness (QED) is 0.649. The number of carbonyl (C=O) groups excluding carboxylic acids is 1. The molecule has 0 bridgehead atoms. The smallest absolute Gasteiger partial charge is 0.407 e. The molecule has 0 heterocycles. The topological polar surface area (TPSA) is 38.3 Å². The van der Waals surface area contributed by atoms with E-state index >= 15 is 0 Å². The first-order valence-corrected chi connectivity index (χ1v) is 3.38. The van der Waals surface area contributed by atoms with Crippen LogP contribution in [-0.4, -0.2) is 19.2 Å². The van der Waals surface area contributed by atoms with Gasteiger partial charge in [-0.25, -0.2) is 4.79 Å². The summed E-state index contributed by atoms with van der Waals surface area (Å²) in [6.07, 6.45) is 1.20. The normalized spacial score (nSPS) is 12.3. The summed E-state index contributed by atoms with van der Waals surface area (Å²) in [7, 11) is 1.54. The molecule has 1 radical (unpaired) electrons. The Morgan fingerprint density at radius 3 is 2.80 bits per heavy atom. The molecule has 0 aromatic carbocycles. The van der Waals surface area contributed by atoms with Crippen molar-refractivity contribution in [1.29, 1.82) is 0 Å². The lowest BCUT2D eigenvalue weighted by atomic mass is 10.2. The molecule has 10 heavy (non-hydrogen) atoms. The summed E-state index contributed by atoms with van der Waals surface area (Å²) >= 11 is 0. The molecule has 0 aliphatic carbocycles. The molecule has 0 aromatic rings. The van der Waals surface area contributed by atoms with Crippen molar-refractivity contribution in [2.75, 3.05) is 7.05 Å². The molecule has 0 saturated carbocycles. The SMILES string of the molecule is [CH2]CCC(C)OC(=O)NC. The fourth-order valence-corrected chi connectivity index (χ4v) is 0.588. The van der Waals surface area contributed by atoms with Crippen LogP contribution in [0, 0.1) is 6.92 Å². The summed E-state index contributed by atoms with van der Waals surface area (Å²) in [5.74, 6) is 0. The molecule has 1 N–H and O–H groups in total. The Labute approximate surface area is 61.8 Å². The largest absolute Gasteiger partial charge is 0.447 e. The highest BCUT2D eigenvalue weighted by Crippen LogP contribution is 1.99. The van der Waals surface area contributed by atoms with Gasteiger partial charge in [-0.15, -0.1) is 0 Å². The van der Waals surface area contributed by atoms with Gasteiger partial charge in [-0.05, 0) is 19.8 Å². The first-order valence-electron chi connectivity index (χ1n) is 3.38. The van der Waals surface area contributed by atoms with Gasteiger partial charge in [0, 0.05) is 7.05 Å². The van der Waals surface area contributed by atoms with Crippen LogP contribution in [0.2, 0.25) is 0 Å². The van der Waals surface area contributed by atoms with Gasteiger partial charge in [0.1, 0.15) is 6.10 Å². The Hall–Kier alpha value is -0.730. The van der Waals surface area contributed by atoms with Crippen molar-refractivity contribution in [2.24, 2.45) is 0 Å². The third kappa shape index (κ3) is 4.18. The van der Waals surface area contributed by atoms with Gasteiger partial charge in [0.25, 0.3) is 0 Å². The first kappa shape index (κ1) is 9.27. The summed E-state index contributed by atoms with van der Waals surface area (Å²) in [6.45, 7) is 5.49. The van der Waals surface area contributed by atoms with E-state index in [-0.39, 0.29) is 12.2 Å². The van der Waals surface area contributed by atoms with Crippen molar-refractivity contribution in [3.63, 3.8) is 0 Å². The number of alkyl carbamates (subject to hydrolysis) is 1. The maximum absolute atomic E-state index is 10.5. The third-order valence-electron chi connectivity index (χ3n) is 1.12. The first-order chi connectivity index (χ1) is 4.70. The second kappa shape index (κ2) is 5.09. The molecule has 0 saturated heterocycles. The van der Waals surface area contributed by atoms with Crippen LogP contribution in [0.25, 0.3) is 0 Å². The number of hydrogen-bond acceptors (Lipinski definition) is 2. The molecular formula is C7H14NO2. The highest BCUT2D eigenvalue weighted by Gasteiger charge is 2.04. The van der Waals surface area contributed by atoms with Gasteiger partial charge in [0.15, 0.2) is 0 Å². The van der Waals surface area contributed by atoms with Crippen LogP contribution in [0.15, 0.2) is 0 Å². The Morgan fingerprint density at radius 1 is 1.80 bits per heavy atom. The molecule has 0 aromatic heterocycles. The zero-order chi connectivity index (χ0) is 7.98. The number of ether oxygens (including phenoxy) is 1. The molecule has 0 fully saturated rings. The van der Waals surface area contributed by atoms with Gasteiger partial charge in [0.2, 0.25) is 0 Å². The van der Waals surface area contributed by atoms with Crippen molar-refractivity contribution >= 4 is 6.09 Å². The van der Waals surface area contributed by atoms with Crippen LogP contribution in [0.1, 0.15) is 19.8 Å². The molecule has 1 atom stereocenters. The second-order valence-corrected chi connectivity index (χ2v) is 2.11. The maximum Gasteiger partial charge on any atom is 0.407 e. The highest BCUT2D eigenvalue weighted by molar-refractivity contribution is 5.66. The molecule has 3 heteroatoms. The van der Waals surface area contributed by atoms with E-state index in [0.717, 1.165) is 12.8 Å². The summed E-state index contributed by atoms with van der Waals surface area (Å²) in [6, 6.07) is 0. The fraction of sp³-hybridized carbons (Fsp3) is 0.714. The Bertz CT molecular complexity index is 104. The second-order valence-electron chi connectivity index (χ2n) is 2.11. The van der Waals surface area contributed by atoms with Crippen molar-refractivity contribution in [3.8, 4) is 0 Å². The van der Waals surface area contributed by atoms with Crippen LogP contribution in [0.3, 0.4) is 0 Å². The van der Waals surface area contributed by atoms with Crippen LogP contribution >= 0.6 is 0 Å². The summed E-state index contributed by atoms with van der Waals surface area (Å²) in [4.78, 5) is 10.5. The lowest BCUT2D eigenvalue weighted by molar-refractivity contribution is 0.105. The van der Waals surface area contributed by atoms with Crippen LogP contribution < -0.4 is 5.32 Å². The molecule has 0 aliphatic heterocycles. The van der Waals surface area contributed by atoms with E-state index in [1.165, 1.54) is 0 Å². The van der Waals surface area contributed by atoms with E-state index in [9.17, 15) is 4.79 Å². The Balaban J connectivity index is 3.37. The molecule has 1 unspecified atom stereocenters. The van der Waals surface area contributed by atoms with Crippen LogP contribution in [0.4, 0.5) is 4.79 Å². The molecule has 3 nitrogen and oxygen atoms in total. The molecule has 0 rings (SSSR count). The molecular weight excluding hydrogens is 130 g/mol. The van der Waals surface area contributed by atoms with Gasteiger partial charge in [-0.3, -0.25) is 0 Å². The van der Waals surface area contributed by atoms with E-state index < -0.39 is 0 Å². The van der Waals surface area contributed by atoms with Crippen molar-refractivity contribution in [1.82, 2.24) is 5.32 Å². The van der Waals surface area contributed by atoms with E-state index in [2.05, 4.69) is 12.2 Å². The monoisotopic (exact) mass is 144 g/mol. The number of rotatable bonds is 3. The minimum atomic E-state index is -0.374. The molecule has 0 spiro atoms. The minimum Gasteiger partial charge on any atom is -0.447 e. The standard InChI is InChI=1S/C7H14NO2/c1-4-5-6(2)10-7(9)8-3/h6H,1,4-5H2,2-3H3,(H,8,9). The summed E-state index contributed by atoms with van der Waals surface area (Å²) < 4.78 is 4.85.